The molecule has 0 aliphatic carbocycles. The fourth-order valence-electron chi connectivity index (χ4n) is 6.21. The standard InChI is InChI=1S/C42H44FN3.Pt/c1-39(2,3)27-19-21-44-37(25-27)41(7,8)29-11-17-35-33(23-29)34-24-30(12-18-36(34)46(35)32-15-13-31(43)14-16-32)42(9,10)38-26-28(20-22-45-38)40(4,5)6;/h11-22,25-26H,1-10H3;/q-2;+2. The average molecular weight is 805 g/mol. The van der Waals surface area contributed by atoms with Crippen LogP contribution in [-0.2, 0) is 42.7 Å². The van der Waals surface area contributed by atoms with Crippen LogP contribution in [0.4, 0.5) is 4.39 Å². The molecule has 3 heterocycles. The number of aromatic nitrogens is 3. The van der Waals surface area contributed by atoms with Gasteiger partial charge in [-0.3, -0.25) is 9.97 Å². The van der Waals surface area contributed by atoms with E-state index in [2.05, 4.69) is 134 Å². The molecule has 244 valence electrons. The van der Waals surface area contributed by atoms with E-state index in [0.29, 0.717) is 0 Å². The summed E-state index contributed by atoms with van der Waals surface area (Å²) in [5, 5.41) is 1.96. The van der Waals surface area contributed by atoms with Crippen LogP contribution in [0.1, 0.15) is 103 Å². The predicted molar refractivity (Wildman–Crippen MR) is 189 cm³/mol. The van der Waals surface area contributed by atoms with Gasteiger partial charge in [-0.15, -0.1) is 35.4 Å². The third kappa shape index (κ3) is 6.34. The van der Waals surface area contributed by atoms with Gasteiger partial charge in [0.2, 0.25) is 0 Å². The summed E-state index contributed by atoms with van der Waals surface area (Å²) in [5.74, 6) is -0.259. The number of pyridine rings is 2. The van der Waals surface area contributed by atoms with Crippen molar-refractivity contribution in [2.75, 3.05) is 0 Å². The van der Waals surface area contributed by atoms with Gasteiger partial charge in [0, 0.05) is 40.3 Å². The largest absolute Gasteiger partial charge is 2.00 e. The van der Waals surface area contributed by atoms with Gasteiger partial charge in [-0.05, 0) is 70.5 Å². The molecule has 47 heavy (non-hydrogen) atoms. The van der Waals surface area contributed by atoms with Crippen LogP contribution in [0.15, 0.2) is 85.2 Å². The van der Waals surface area contributed by atoms with Crippen LogP contribution in [0.2, 0.25) is 0 Å². The van der Waals surface area contributed by atoms with Crippen LogP contribution in [0.25, 0.3) is 27.5 Å². The Hall–Kier alpha value is -3.62. The first-order chi connectivity index (χ1) is 21.5. The fraction of sp³-hybridized carbons (Fsp3) is 0.333. The molecule has 0 aliphatic rings. The number of fused-ring (bicyclic) bond motifs is 3. The van der Waals surface area contributed by atoms with E-state index >= 15 is 0 Å². The van der Waals surface area contributed by atoms with Crippen molar-refractivity contribution in [1.29, 1.82) is 0 Å². The maximum atomic E-state index is 14.0. The van der Waals surface area contributed by atoms with Crippen LogP contribution in [0.5, 0.6) is 0 Å². The van der Waals surface area contributed by atoms with Crippen molar-refractivity contribution >= 4 is 21.8 Å². The van der Waals surface area contributed by atoms with E-state index < -0.39 is 10.8 Å². The van der Waals surface area contributed by atoms with Gasteiger partial charge in [0.25, 0.3) is 0 Å². The van der Waals surface area contributed by atoms with E-state index in [9.17, 15) is 4.39 Å². The number of hydrogen-bond acceptors (Lipinski definition) is 2. The van der Waals surface area contributed by atoms with Gasteiger partial charge in [0.15, 0.2) is 0 Å². The van der Waals surface area contributed by atoms with Gasteiger partial charge in [-0.2, -0.15) is 12.1 Å². The van der Waals surface area contributed by atoms with Gasteiger partial charge < -0.3 is 4.57 Å². The van der Waals surface area contributed by atoms with E-state index in [1.807, 2.05) is 24.5 Å². The van der Waals surface area contributed by atoms with Crippen molar-refractivity contribution in [1.82, 2.24) is 14.5 Å². The van der Waals surface area contributed by atoms with Crippen LogP contribution in [0, 0.1) is 17.9 Å². The van der Waals surface area contributed by atoms with Crippen LogP contribution < -0.4 is 0 Å². The van der Waals surface area contributed by atoms with Gasteiger partial charge in [-0.25, -0.2) is 15.2 Å². The van der Waals surface area contributed by atoms with E-state index in [-0.39, 0.29) is 37.7 Å². The van der Waals surface area contributed by atoms with Crippen molar-refractivity contribution in [2.24, 2.45) is 0 Å². The minimum Gasteiger partial charge on any atom is -0.409 e. The molecule has 0 amide bonds. The molecule has 3 aromatic heterocycles. The summed E-state index contributed by atoms with van der Waals surface area (Å²) in [6.45, 7) is 22.2. The Morgan fingerprint density at radius 2 is 0.957 bits per heavy atom. The zero-order valence-corrected chi connectivity index (χ0v) is 31.4. The van der Waals surface area contributed by atoms with E-state index in [4.69, 9.17) is 9.97 Å². The Kier molecular flexibility index (Phi) is 8.95. The molecule has 0 unspecified atom stereocenters. The molecule has 0 fully saturated rings. The Labute approximate surface area is 293 Å². The molecule has 0 aliphatic heterocycles. The summed E-state index contributed by atoms with van der Waals surface area (Å²) in [7, 11) is 0. The summed E-state index contributed by atoms with van der Waals surface area (Å²) in [5.41, 5.74) is 8.75. The molecular formula is C42H44FN3Pt. The maximum Gasteiger partial charge on any atom is 2.00 e. The van der Waals surface area contributed by atoms with Crippen LogP contribution in [0.3, 0.4) is 0 Å². The smallest absolute Gasteiger partial charge is 0.409 e. The second-order valence-electron chi connectivity index (χ2n) is 15.7. The summed E-state index contributed by atoms with van der Waals surface area (Å²) in [6.07, 6.45) is 3.84. The Bertz CT molecular complexity index is 1950. The van der Waals surface area contributed by atoms with Crippen molar-refractivity contribution in [2.45, 2.75) is 90.9 Å². The van der Waals surface area contributed by atoms with Gasteiger partial charge in [-0.1, -0.05) is 80.3 Å². The summed E-state index contributed by atoms with van der Waals surface area (Å²) < 4.78 is 16.2. The monoisotopic (exact) mass is 804 g/mol. The first kappa shape index (κ1) is 34.7. The first-order valence-electron chi connectivity index (χ1n) is 16.1. The number of benzene rings is 3. The molecule has 5 heteroatoms. The maximum absolute atomic E-state index is 14.0. The molecule has 6 aromatic rings. The molecule has 3 nitrogen and oxygen atoms in total. The molecular weight excluding hydrogens is 761 g/mol. The quantitative estimate of drug-likeness (QED) is 0.163. The summed E-state index contributed by atoms with van der Waals surface area (Å²) in [6, 6.07) is 31.6. The second kappa shape index (κ2) is 12.1. The normalized spacial score (nSPS) is 12.8. The summed E-state index contributed by atoms with van der Waals surface area (Å²) in [4.78, 5) is 9.67. The van der Waals surface area contributed by atoms with Crippen LogP contribution >= 0.6 is 0 Å². The Morgan fingerprint density at radius 3 is 1.34 bits per heavy atom. The van der Waals surface area contributed by atoms with Crippen molar-refractivity contribution < 1.29 is 25.5 Å². The molecule has 0 saturated heterocycles. The number of nitrogens with zero attached hydrogens (tertiary/aromatic N) is 3. The van der Waals surface area contributed by atoms with Crippen molar-refractivity contribution in [3.8, 4) is 5.69 Å². The third-order valence-corrected chi connectivity index (χ3v) is 9.54. The Balaban J connectivity index is 0.00000433. The minimum absolute atomic E-state index is 0. The minimum atomic E-state index is -0.395. The molecule has 0 radical (unpaired) electrons. The zero-order valence-electron chi connectivity index (χ0n) is 29.1. The molecule has 0 N–H and O–H groups in total. The predicted octanol–water partition coefficient (Wildman–Crippen LogP) is 10.6. The van der Waals surface area contributed by atoms with E-state index in [1.54, 1.807) is 0 Å². The van der Waals surface area contributed by atoms with Crippen molar-refractivity contribution in [3.63, 3.8) is 0 Å². The van der Waals surface area contributed by atoms with E-state index in [0.717, 1.165) is 50.0 Å². The molecule has 3 aromatic carbocycles. The molecule has 0 atom stereocenters. The van der Waals surface area contributed by atoms with Gasteiger partial charge >= 0.3 is 21.1 Å². The second-order valence-corrected chi connectivity index (χ2v) is 15.7. The van der Waals surface area contributed by atoms with E-state index in [1.165, 1.54) is 23.3 Å². The molecule has 0 bridgehead atoms. The third-order valence-electron chi connectivity index (χ3n) is 9.54. The fourth-order valence-corrected chi connectivity index (χ4v) is 6.21. The average Bonchev–Trinajstić information content (AvgIpc) is 3.34. The van der Waals surface area contributed by atoms with Crippen molar-refractivity contribution in [3.05, 3.63) is 137 Å². The summed E-state index contributed by atoms with van der Waals surface area (Å²) >= 11 is 0. The molecule has 0 spiro atoms. The Morgan fingerprint density at radius 1 is 0.553 bits per heavy atom. The van der Waals surface area contributed by atoms with Gasteiger partial charge in [0.1, 0.15) is 5.82 Å². The number of rotatable bonds is 5. The molecule has 6 rings (SSSR count). The zero-order chi connectivity index (χ0) is 33.2. The molecule has 0 saturated carbocycles. The number of hydrogen-bond donors (Lipinski definition) is 0. The first-order valence-corrected chi connectivity index (χ1v) is 16.1. The SMILES string of the molecule is CC(C)(C)c1ccnc(C(C)(C)c2[c-]c3c4[c-]c(C(C)(C)c5cc(C(C)(C)C)ccn5)ccc4n(-c4ccc(F)cc4)c3cc2)c1.[Pt+2]. The number of halogens is 1. The topological polar surface area (TPSA) is 30.7 Å². The van der Waals surface area contributed by atoms with Gasteiger partial charge in [0.05, 0.1) is 0 Å². The van der Waals surface area contributed by atoms with Crippen LogP contribution in [-0.4, -0.2) is 14.5 Å².